The van der Waals surface area contributed by atoms with E-state index in [1.54, 1.807) is 0 Å². The molecule has 1 N–H and O–H groups in total. The van der Waals surface area contributed by atoms with Crippen LogP contribution in [0.2, 0.25) is 0 Å². The Labute approximate surface area is 104 Å². The van der Waals surface area contributed by atoms with Gasteiger partial charge in [-0.2, -0.15) is 0 Å². The first-order chi connectivity index (χ1) is 8.02. The first kappa shape index (κ1) is 13.7. The maximum atomic E-state index is 12.2. The number of benzene rings is 1. The molecule has 0 aliphatic heterocycles. The third-order valence-corrected chi connectivity index (χ3v) is 3.14. The van der Waals surface area contributed by atoms with Crippen LogP contribution in [0.4, 0.5) is 5.69 Å². The number of likely N-dealkylation sites (N-methyl/N-ethyl adjacent to an activating group) is 1. The van der Waals surface area contributed by atoms with E-state index in [9.17, 15) is 4.79 Å². The molecule has 0 bridgehead atoms. The third kappa shape index (κ3) is 3.30. The van der Waals surface area contributed by atoms with E-state index in [-0.39, 0.29) is 5.91 Å². The predicted molar refractivity (Wildman–Crippen MR) is 72.1 cm³/mol. The predicted octanol–water partition coefficient (Wildman–Crippen LogP) is 2.75. The fourth-order valence-corrected chi connectivity index (χ4v) is 1.96. The summed E-state index contributed by atoms with van der Waals surface area (Å²) in [4.78, 5) is 14.4. The lowest BCUT2D eigenvalue weighted by Crippen LogP contribution is -2.52. The van der Waals surface area contributed by atoms with Gasteiger partial charge in [-0.15, -0.1) is 0 Å². The second-order valence-electron chi connectivity index (χ2n) is 4.55. The summed E-state index contributed by atoms with van der Waals surface area (Å²) in [6, 6.07) is 9.57. The molecule has 0 radical (unpaired) electrons. The van der Waals surface area contributed by atoms with E-state index in [0.717, 1.165) is 18.8 Å². The molecule has 3 heteroatoms. The van der Waals surface area contributed by atoms with Gasteiger partial charge in [-0.1, -0.05) is 32.0 Å². The third-order valence-electron chi connectivity index (χ3n) is 3.14. The van der Waals surface area contributed by atoms with E-state index in [4.69, 9.17) is 0 Å². The Hall–Kier alpha value is -1.35. The van der Waals surface area contributed by atoms with E-state index in [1.807, 2.05) is 44.2 Å². The first-order valence-corrected chi connectivity index (χ1v) is 6.14. The maximum Gasteiger partial charge on any atom is 0.244 e. The van der Waals surface area contributed by atoms with Crippen LogP contribution in [-0.4, -0.2) is 29.4 Å². The molecule has 0 atom stereocenters. The van der Waals surface area contributed by atoms with Gasteiger partial charge >= 0.3 is 0 Å². The molecule has 0 saturated heterocycles. The summed E-state index contributed by atoms with van der Waals surface area (Å²) in [5.74, 6) is 0.0346. The van der Waals surface area contributed by atoms with Crippen LogP contribution >= 0.6 is 0 Å². The average molecular weight is 234 g/mol. The minimum absolute atomic E-state index is 0.0346. The molecule has 1 aromatic rings. The standard InChI is InChI=1S/C14H22N2O/c1-5-16(6-2)14(3,4)13(17)15-12-10-8-7-9-11-12/h7-11H,5-6H2,1-4H3,(H,15,17). The van der Waals surface area contributed by atoms with E-state index >= 15 is 0 Å². The Bertz CT molecular complexity index is 356. The fourth-order valence-electron chi connectivity index (χ4n) is 1.96. The summed E-state index contributed by atoms with van der Waals surface area (Å²) in [6.45, 7) is 9.79. The number of carbonyl (C=O) groups is 1. The van der Waals surface area contributed by atoms with Gasteiger partial charge < -0.3 is 5.32 Å². The van der Waals surface area contributed by atoms with E-state index in [1.165, 1.54) is 0 Å². The second-order valence-corrected chi connectivity index (χ2v) is 4.55. The van der Waals surface area contributed by atoms with Gasteiger partial charge in [0.2, 0.25) is 5.91 Å². The number of para-hydroxylation sites is 1. The van der Waals surface area contributed by atoms with Crippen molar-refractivity contribution >= 4 is 11.6 Å². The molecule has 94 valence electrons. The normalized spacial score (nSPS) is 11.6. The Morgan fingerprint density at radius 1 is 1.18 bits per heavy atom. The highest BCUT2D eigenvalue weighted by Crippen LogP contribution is 2.17. The van der Waals surface area contributed by atoms with Crippen LogP contribution in [0.1, 0.15) is 27.7 Å². The van der Waals surface area contributed by atoms with Gasteiger partial charge in [0.05, 0.1) is 5.54 Å². The minimum Gasteiger partial charge on any atom is -0.324 e. The molecule has 1 rings (SSSR count). The summed E-state index contributed by atoms with van der Waals surface area (Å²) >= 11 is 0. The van der Waals surface area contributed by atoms with Gasteiger partial charge in [0.15, 0.2) is 0 Å². The molecule has 0 saturated carbocycles. The lowest BCUT2D eigenvalue weighted by atomic mass is 10.0. The molecule has 0 aromatic heterocycles. The topological polar surface area (TPSA) is 32.3 Å². The largest absolute Gasteiger partial charge is 0.324 e. The van der Waals surface area contributed by atoms with Crippen molar-refractivity contribution in [2.24, 2.45) is 0 Å². The Kier molecular flexibility index (Phi) is 4.70. The highest BCUT2D eigenvalue weighted by atomic mass is 16.2. The summed E-state index contributed by atoms with van der Waals surface area (Å²) < 4.78 is 0. The van der Waals surface area contributed by atoms with Crippen LogP contribution in [0.5, 0.6) is 0 Å². The maximum absolute atomic E-state index is 12.2. The van der Waals surface area contributed by atoms with Crippen molar-refractivity contribution in [2.75, 3.05) is 18.4 Å². The van der Waals surface area contributed by atoms with Gasteiger partial charge in [-0.3, -0.25) is 9.69 Å². The fraction of sp³-hybridized carbons (Fsp3) is 0.500. The quantitative estimate of drug-likeness (QED) is 0.849. The van der Waals surface area contributed by atoms with Crippen molar-refractivity contribution in [2.45, 2.75) is 33.2 Å². The molecule has 0 unspecified atom stereocenters. The van der Waals surface area contributed by atoms with E-state index in [0.29, 0.717) is 0 Å². The number of carbonyl (C=O) groups excluding carboxylic acids is 1. The molecule has 0 aliphatic carbocycles. The van der Waals surface area contributed by atoms with E-state index < -0.39 is 5.54 Å². The SMILES string of the molecule is CCN(CC)C(C)(C)C(=O)Nc1ccccc1. The van der Waals surface area contributed by atoms with Gasteiger partial charge in [0, 0.05) is 5.69 Å². The Morgan fingerprint density at radius 3 is 2.18 bits per heavy atom. The van der Waals surface area contributed by atoms with Gasteiger partial charge in [0.25, 0.3) is 0 Å². The lowest BCUT2D eigenvalue weighted by Gasteiger charge is -2.35. The van der Waals surface area contributed by atoms with Crippen molar-refractivity contribution in [3.05, 3.63) is 30.3 Å². The first-order valence-electron chi connectivity index (χ1n) is 6.14. The van der Waals surface area contributed by atoms with Crippen LogP contribution < -0.4 is 5.32 Å². The van der Waals surface area contributed by atoms with Crippen molar-refractivity contribution in [3.63, 3.8) is 0 Å². The molecule has 17 heavy (non-hydrogen) atoms. The van der Waals surface area contributed by atoms with Crippen LogP contribution in [0, 0.1) is 0 Å². The summed E-state index contributed by atoms with van der Waals surface area (Å²) in [5.41, 5.74) is 0.358. The number of hydrogen-bond donors (Lipinski definition) is 1. The zero-order valence-corrected chi connectivity index (χ0v) is 11.2. The van der Waals surface area contributed by atoms with Crippen molar-refractivity contribution < 1.29 is 4.79 Å². The van der Waals surface area contributed by atoms with Crippen LogP contribution in [0.3, 0.4) is 0 Å². The number of hydrogen-bond acceptors (Lipinski definition) is 2. The molecular weight excluding hydrogens is 212 g/mol. The summed E-state index contributed by atoms with van der Waals surface area (Å²) in [5, 5.41) is 2.95. The van der Waals surface area contributed by atoms with Gasteiger partial charge in [-0.25, -0.2) is 0 Å². The summed E-state index contributed by atoms with van der Waals surface area (Å²) in [6.07, 6.45) is 0. The molecule has 0 heterocycles. The zero-order chi connectivity index (χ0) is 12.9. The Morgan fingerprint density at radius 2 is 1.71 bits per heavy atom. The number of anilines is 1. The molecule has 0 aliphatic rings. The van der Waals surface area contributed by atoms with Crippen molar-refractivity contribution in [1.82, 2.24) is 4.90 Å². The van der Waals surface area contributed by atoms with Crippen molar-refractivity contribution in [3.8, 4) is 0 Å². The van der Waals surface area contributed by atoms with Gasteiger partial charge in [0.1, 0.15) is 0 Å². The molecular formula is C14H22N2O. The number of nitrogens with zero attached hydrogens (tertiary/aromatic N) is 1. The Balaban J connectivity index is 2.76. The second kappa shape index (κ2) is 5.82. The van der Waals surface area contributed by atoms with Crippen LogP contribution in [0.25, 0.3) is 0 Å². The molecule has 1 amide bonds. The minimum atomic E-state index is -0.487. The molecule has 0 fully saturated rings. The summed E-state index contributed by atoms with van der Waals surface area (Å²) in [7, 11) is 0. The number of nitrogens with one attached hydrogen (secondary N) is 1. The molecule has 3 nitrogen and oxygen atoms in total. The number of rotatable bonds is 5. The monoisotopic (exact) mass is 234 g/mol. The van der Waals surface area contributed by atoms with Gasteiger partial charge in [-0.05, 0) is 39.1 Å². The van der Waals surface area contributed by atoms with Crippen LogP contribution in [-0.2, 0) is 4.79 Å². The molecule has 0 spiro atoms. The van der Waals surface area contributed by atoms with E-state index in [2.05, 4.69) is 24.1 Å². The highest BCUT2D eigenvalue weighted by molar-refractivity contribution is 5.97. The smallest absolute Gasteiger partial charge is 0.244 e. The number of amides is 1. The average Bonchev–Trinajstić information content (AvgIpc) is 2.31. The zero-order valence-electron chi connectivity index (χ0n) is 11.2. The van der Waals surface area contributed by atoms with Crippen molar-refractivity contribution in [1.29, 1.82) is 0 Å². The molecule has 1 aromatic carbocycles. The van der Waals surface area contributed by atoms with Crippen LogP contribution in [0.15, 0.2) is 30.3 Å². The lowest BCUT2D eigenvalue weighted by molar-refractivity contribution is -0.126. The highest BCUT2D eigenvalue weighted by Gasteiger charge is 2.32.